The van der Waals surface area contributed by atoms with Crippen molar-refractivity contribution in [3.05, 3.63) is 35.4 Å². The average Bonchev–Trinajstić information content (AvgIpc) is 2.94. The van der Waals surface area contributed by atoms with E-state index in [-0.39, 0.29) is 16.9 Å². The first kappa shape index (κ1) is 22.8. The molecule has 2 amide bonds. The van der Waals surface area contributed by atoms with E-state index >= 15 is 0 Å². The second-order valence-electron chi connectivity index (χ2n) is 7.03. The van der Waals surface area contributed by atoms with Gasteiger partial charge in [-0.15, -0.1) is 11.8 Å². The molecule has 1 unspecified atom stereocenters. The molecule has 11 heteroatoms. The van der Waals surface area contributed by atoms with Gasteiger partial charge in [0.05, 0.1) is 16.4 Å². The van der Waals surface area contributed by atoms with Crippen LogP contribution in [0.4, 0.5) is 0 Å². The van der Waals surface area contributed by atoms with Crippen molar-refractivity contribution in [2.75, 3.05) is 5.75 Å². The Balaban J connectivity index is 1.94. The van der Waals surface area contributed by atoms with E-state index in [1.165, 1.54) is 19.1 Å². The number of aliphatic hydroxyl groups is 1. The van der Waals surface area contributed by atoms with Gasteiger partial charge in [-0.3, -0.25) is 24.0 Å². The van der Waals surface area contributed by atoms with Gasteiger partial charge in [0.15, 0.2) is 24.5 Å². The van der Waals surface area contributed by atoms with Crippen LogP contribution in [0.2, 0.25) is 0 Å². The molecule has 1 aromatic carbocycles. The average molecular weight is 451 g/mol. The van der Waals surface area contributed by atoms with E-state index in [0.717, 1.165) is 25.6 Å². The van der Waals surface area contributed by atoms with Gasteiger partial charge in [0.2, 0.25) is 0 Å². The van der Waals surface area contributed by atoms with Crippen molar-refractivity contribution in [2.45, 2.75) is 50.6 Å². The molecule has 1 N–H and O–H groups in total. The number of benzene rings is 1. The summed E-state index contributed by atoms with van der Waals surface area (Å²) in [6, 6.07) is 6.13. The maximum absolute atomic E-state index is 12.8. The van der Waals surface area contributed by atoms with Crippen molar-refractivity contribution in [3.8, 4) is 0 Å². The van der Waals surface area contributed by atoms with Crippen LogP contribution in [0.15, 0.2) is 24.3 Å². The standard InChI is InChI=1S/C20H21NO9S/c1-9(22)28-14-8-31-17(16(30-11(3)24)15(14)29-10(2)23)20(27)21-18(25)12-6-4-5-7-13(12)19(21)26/h4-7,14-17,20,27H,8H2,1-3H3/t14-,15+,16+,17-,20?/m0/s1. The molecule has 1 fully saturated rings. The van der Waals surface area contributed by atoms with E-state index in [4.69, 9.17) is 14.2 Å². The Morgan fingerprint density at radius 1 is 0.935 bits per heavy atom. The Kier molecular flexibility index (Phi) is 6.65. The van der Waals surface area contributed by atoms with E-state index in [0.29, 0.717) is 4.90 Å². The fourth-order valence-corrected chi connectivity index (χ4v) is 4.98. The SMILES string of the molecule is CC(=O)O[C@@H]1[C@H](OC(C)=O)[C@@H](OC(C)=O)CS[C@@H]1C(O)N1C(=O)c2ccccc2C1=O. The fraction of sp³-hybridized carbons (Fsp3) is 0.450. The number of amides is 2. The largest absolute Gasteiger partial charge is 0.458 e. The number of fused-ring (bicyclic) bond motifs is 1. The van der Waals surface area contributed by atoms with Gasteiger partial charge in [0, 0.05) is 26.5 Å². The molecule has 2 aliphatic heterocycles. The minimum absolute atomic E-state index is 0.0696. The van der Waals surface area contributed by atoms with E-state index in [9.17, 15) is 29.1 Å². The van der Waals surface area contributed by atoms with Crippen LogP contribution in [0, 0.1) is 0 Å². The van der Waals surface area contributed by atoms with Crippen LogP contribution in [0.3, 0.4) is 0 Å². The van der Waals surface area contributed by atoms with Gasteiger partial charge in [-0.2, -0.15) is 0 Å². The summed E-state index contributed by atoms with van der Waals surface area (Å²) >= 11 is 1.03. The van der Waals surface area contributed by atoms with Crippen LogP contribution in [0.5, 0.6) is 0 Å². The second-order valence-corrected chi connectivity index (χ2v) is 8.24. The number of rotatable bonds is 5. The summed E-state index contributed by atoms with van der Waals surface area (Å²) in [6.07, 6.45) is -5.18. The van der Waals surface area contributed by atoms with Crippen molar-refractivity contribution in [1.82, 2.24) is 4.90 Å². The Morgan fingerprint density at radius 3 is 1.90 bits per heavy atom. The number of carbonyl (C=O) groups is 5. The molecule has 0 spiro atoms. The molecule has 0 radical (unpaired) electrons. The number of ether oxygens (including phenoxy) is 3. The minimum atomic E-state index is -1.70. The molecule has 5 atom stereocenters. The molecule has 166 valence electrons. The maximum Gasteiger partial charge on any atom is 0.303 e. The van der Waals surface area contributed by atoms with E-state index < -0.39 is 59.5 Å². The Morgan fingerprint density at radius 2 is 1.42 bits per heavy atom. The fourth-order valence-electron chi connectivity index (χ4n) is 3.62. The summed E-state index contributed by atoms with van der Waals surface area (Å²) < 4.78 is 15.8. The molecule has 31 heavy (non-hydrogen) atoms. The predicted molar refractivity (Wildman–Crippen MR) is 106 cm³/mol. The summed E-state index contributed by atoms with van der Waals surface area (Å²) in [5, 5.41) is 9.96. The van der Waals surface area contributed by atoms with Crippen molar-refractivity contribution in [3.63, 3.8) is 0 Å². The Labute approximate surface area is 181 Å². The molecule has 0 aromatic heterocycles. The van der Waals surface area contributed by atoms with Crippen LogP contribution in [0.25, 0.3) is 0 Å². The lowest BCUT2D eigenvalue weighted by atomic mass is 10.0. The minimum Gasteiger partial charge on any atom is -0.458 e. The molecule has 0 aliphatic carbocycles. The van der Waals surface area contributed by atoms with Gasteiger partial charge in [0.1, 0.15) is 0 Å². The summed E-state index contributed by atoms with van der Waals surface area (Å²) in [6.45, 7) is 3.43. The zero-order chi connectivity index (χ0) is 22.9. The monoisotopic (exact) mass is 451 g/mol. The summed E-state index contributed by atoms with van der Waals surface area (Å²) in [5.74, 6) is -3.42. The quantitative estimate of drug-likeness (QED) is 0.383. The zero-order valence-corrected chi connectivity index (χ0v) is 17.8. The first-order valence-corrected chi connectivity index (χ1v) is 10.4. The van der Waals surface area contributed by atoms with Gasteiger partial charge in [-0.1, -0.05) is 12.1 Å². The van der Waals surface area contributed by atoms with Gasteiger partial charge < -0.3 is 19.3 Å². The van der Waals surface area contributed by atoms with Crippen molar-refractivity contribution in [2.24, 2.45) is 0 Å². The Bertz CT molecular complexity index is 898. The van der Waals surface area contributed by atoms with Crippen molar-refractivity contribution >= 4 is 41.5 Å². The zero-order valence-electron chi connectivity index (χ0n) is 17.0. The number of hydrogen-bond donors (Lipinski definition) is 1. The van der Waals surface area contributed by atoms with Crippen LogP contribution in [-0.2, 0) is 28.6 Å². The van der Waals surface area contributed by atoms with Crippen molar-refractivity contribution in [1.29, 1.82) is 0 Å². The number of esters is 3. The summed E-state index contributed by atoms with van der Waals surface area (Å²) in [5.41, 5.74) is 0.288. The summed E-state index contributed by atoms with van der Waals surface area (Å²) in [4.78, 5) is 61.1. The first-order valence-electron chi connectivity index (χ1n) is 9.40. The number of aliphatic hydroxyl groups excluding tert-OH is 1. The molecule has 1 saturated heterocycles. The number of thioether (sulfide) groups is 1. The molecular formula is C20H21NO9S. The van der Waals surface area contributed by atoms with Gasteiger partial charge in [-0.25, -0.2) is 4.90 Å². The second kappa shape index (κ2) is 9.06. The highest BCUT2D eigenvalue weighted by molar-refractivity contribution is 8.00. The van der Waals surface area contributed by atoms with Crippen LogP contribution in [0.1, 0.15) is 41.5 Å². The lowest BCUT2D eigenvalue weighted by Crippen LogP contribution is -2.60. The lowest BCUT2D eigenvalue weighted by Gasteiger charge is -2.42. The molecule has 10 nitrogen and oxygen atoms in total. The van der Waals surface area contributed by atoms with Crippen LogP contribution in [-0.4, -0.2) is 75.3 Å². The van der Waals surface area contributed by atoms with Gasteiger partial charge >= 0.3 is 17.9 Å². The molecule has 3 rings (SSSR count). The van der Waals surface area contributed by atoms with Crippen LogP contribution >= 0.6 is 11.8 Å². The van der Waals surface area contributed by atoms with Gasteiger partial charge in [-0.05, 0) is 12.1 Å². The third kappa shape index (κ3) is 4.57. The summed E-state index contributed by atoms with van der Waals surface area (Å²) in [7, 11) is 0. The number of nitrogens with zero attached hydrogens (tertiary/aromatic N) is 1. The van der Waals surface area contributed by atoms with E-state index in [1.54, 1.807) is 12.1 Å². The molecular weight excluding hydrogens is 430 g/mol. The highest BCUT2D eigenvalue weighted by Gasteiger charge is 2.52. The normalized spacial score (nSPS) is 26.1. The molecule has 2 heterocycles. The van der Waals surface area contributed by atoms with E-state index in [1.807, 2.05) is 0 Å². The third-order valence-corrected chi connectivity index (χ3v) is 6.19. The number of carbonyl (C=O) groups excluding carboxylic acids is 5. The molecule has 0 bridgehead atoms. The topological polar surface area (TPSA) is 137 Å². The first-order chi connectivity index (χ1) is 14.6. The highest BCUT2D eigenvalue weighted by Crippen LogP contribution is 2.37. The lowest BCUT2D eigenvalue weighted by molar-refractivity contribution is -0.185. The smallest absolute Gasteiger partial charge is 0.303 e. The maximum atomic E-state index is 12.8. The molecule has 0 saturated carbocycles. The Hall–Kier alpha value is -2.92. The molecule has 1 aromatic rings. The molecule has 2 aliphatic rings. The van der Waals surface area contributed by atoms with Crippen LogP contribution < -0.4 is 0 Å². The number of imide groups is 1. The predicted octanol–water partition coefficient (Wildman–Crippen LogP) is 0.511. The number of hydrogen-bond acceptors (Lipinski definition) is 10. The van der Waals surface area contributed by atoms with E-state index in [2.05, 4.69) is 0 Å². The van der Waals surface area contributed by atoms with Crippen molar-refractivity contribution < 1.29 is 43.3 Å². The third-order valence-electron chi connectivity index (χ3n) is 4.77. The van der Waals surface area contributed by atoms with Gasteiger partial charge in [0.25, 0.3) is 11.8 Å². The highest BCUT2D eigenvalue weighted by atomic mass is 32.2.